The number of carboxylic acid groups (broad SMARTS) is 1. The second kappa shape index (κ2) is 6.17. The molecule has 26 heavy (non-hydrogen) atoms. The molecule has 134 valence electrons. The number of nitrogens with zero attached hydrogens (tertiary/aromatic N) is 2. The summed E-state index contributed by atoms with van der Waals surface area (Å²) >= 11 is 0. The van der Waals surface area contributed by atoms with Gasteiger partial charge in [0.05, 0.1) is 16.8 Å². The van der Waals surface area contributed by atoms with Gasteiger partial charge in [-0.05, 0) is 36.4 Å². The smallest absolute Gasteiger partial charge is 0.416 e. The highest BCUT2D eigenvalue weighted by Gasteiger charge is 2.39. The molecule has 3 amide bonds. The number of hydrogen-bond donors (Lipinski definition) is 1. The Balaban J connectivity index is 1.95. The Kier molecular flexibility index (Phi) is 4.15. The number of halogens is 3. The van der Waals surface area contributed by atoms with E-state index in [1.807, 2.05) is 0 Å². The largest absolute Gasteiger partial charge is 0.478 e. The molecule has 0 radical (unpaired) electrons. The molecule has 1 aliphatic heterocycles. The lowest BCUT2D eigenvalue weighted by Crippen LogP contribution is -2.33. The van der Waals surface area contributed by atoms with Crippen LogP contribution in [-0.2, 0) is 11.0 Å². The van der Waals surface area contributed by atoms with Crippen LogP contribution in [0, 0.1) is 0 Å². The summed E-state index contributed by atoms with van der Waals surface area (Å²) in [5.74, 6) is -1.91. The number of benzene rings is 2. The highest BCUT2D eigenvalue weighted by molar-refractivity contribution is 6.27. The number of hydrogen-bond acceptors (Lipinski definition) is 3. The molecule has 3 rings (SSSR count). The van der Waals surface area contributed by atoms with Crippen LogP contribution in [0.3, 0.4) is 0 Å². The van der Waals surface area contributed by atoms with E-state index in [2.05, 4.69) is 0 Å². The number of carboxylic acids is 1. The quantitative estimate of drug-likeness (QED) is 0.847. The van der Waals surface area contributed by atoms with Crippen LogP contribution in [-0.4, -0.2) is 29.6 Å². The van der Waals surface area contributed by atoms with E-state index < -0.39 is 36.2 Å². The summed E-state index contributed by atoms with van der Waals surface area (Å²) in [6.45, 7) is -0.447. The molecular weight excluding hydrogens is 353 g/mol. The molecule has 6 nitrogen and oxygen atoms in total. The Hall–Kier alpha value is -3.36. The van der Waals surface area contributed by atoms with Crippen molar-refractivity contribution in [1.29, 1.82) is 0 Å². The van der Waals surface area contributed by atoms with Crippen LogP contribution in [0.1, 0.15) is 15.9 Å². The third kappa shape index (κ3) is 3.10. The summed E-state index contributed by atoms with van der Waals surface area (Å²) in [6, 6.07) is 8.40. The van der Waals surface area contributed by atoms with E-state index in [0.29, 0.717) is 0 Å². The zero-order chi connectivity index (χ0) is 19.1. The first-order chi connectivity index (χ1) is 12.2. The van der Waals surface area contributed by atoms with Gasteiger partial charge in [-0.3, -0.25) is 9.69 Å². The molecule has 1 aliphatic rings. The number of anilines is 2. The van der Waals surface area contributed by atoms with Gasteiger partial charge in [-0.1, -0.05) is 12.1 Å². The molecule has 0 bridgehead atoms. The lowest BCUT2D eigenvalue weighted by Gasteiger charge is -2.18. The zero-order valence-corrected chi connectivity index (χ0v) is 13.0. The van der Waals surface area contributed by atoms with E-state index in [9.17, 15) is 27.6 Å². The average molecular weight is 364 g/mol. The molecule has 1 N–H and O–H groups in total. The molecule has 0 aromatic heterocycles. The van der Waals surface area contributed by atoms with Gasteiger partial charge in [-0.25, -0.2) is 14.5 Å². The maximum absolute atomic E-state index is 12.9. The van der Waals surface area contributed by atoms with Crippen molar-refractivity contribution in [2.24, 2.45) is 0 Å². The standard InChI is InChI=1S/C17H11F3N2O4/c18-17(19,20)11-4-2-5-12(8-11)21-9-14(23)22(16(21)26)13-6-1-3-10(7-13)15(24)25/h1-8H,9H2,(H,24,25). The van der Waals surface area contributed by atoms with Crippen molar-refractivity contribution in [2.75, 3.05) is 16.3 Å². The minimum atomic E-state index is -4.59. The zero-order valence-electron chi connectivity index (χ0n) is 13.0. The van der Waals surface area contributed by atoms with Gasteiger partial charge in [0.15, 0.2) is 0 Å². The Labute approximate surface area is 145 Å². The number of carbonyl (C=O) groups excluding carboxylic acids is 2. The maximum atomic E-state index is 12.9. The Morgan fingerprint density at radius 3 is 2.31 bits per heavy atom. The van der Waals surface area contributed by atoms with E-state index in [0.717, 1.165) is 34.1 Å². The van der Waals surface area contributed by atoms with Crippen LogP contribution in [0.15, 0.2) is 48.5 Å². The summed E-state index contributed by atoms with van der Waals surface area (Å²) in [5, 5.41) is 9.02. The van der Waals surface area contributed by atoms with Crippen molar-refractivity contribution < 1.29 is 32.7 Å². The molecule has 1 heterocycles. The molecule has 1 fully saturated rings. The normalized spacial score (nSPS) is 14.9. The third-order valence-corrected chi connectivity index (χ3v) is 3.80. The third-order valence-electron chi connectivity index (χ3n) is 3.80. The van der Waals surface area contributed by atoms with Gasteiger partial charge in [-0.2, -0.15) is 13.2 Å². The van der Waals surface area contributed by atoms with Crippen LogP contribution in [0.4, 0.5) is 29.3 Å². The molecule has 0 unspecified atom stereocenters. The minimum Gasteiger partial charge on any atom is -0.478 e. The van der Waals surface area contributed by atoms with Crippen molar-refractivity contribution in [3.8, 4) is 0 Å². The topological polar surface area (TPSA) is 77.9 Å². The molecular formula is C17H11F3N2O4. The predicted molar refractivity (Wildman–Crippen MR) is 85.1 cm³/mol. The minimum absolute atomic E-state index is 0.0365. The van der Waals surface area contributed by atoms with Gasteiger partial charge in [0.25, 0.3) is 5.91 Å². The summed E-state index contributed by atoms with van der Waals surface area (Å²) in [5.41, 5.74) is -1.10. The van der Waals surface area contributed by atoms with Crippen molar-refractivity contribution in [3.05, 3.63) is 59.7 Å². The second-order valence-electron chi connectivity index (χ2n) is 5.50. The summed E-state index contributed by atoms with van der Waals surface area (Å²) in [6.07, 6.45) is -4.59. The molecule has 2 aromatic carbocycles. The molecule has 9 heteroatoms. The van der Waals surface area contributed by atoms with Gasteiger partial charge in [0.2, 0.25) is 0 Å². The molecule has 0 atom stereocenters. The average Bonchev–Trinajstić information content (AvgIpc) is 2.89. The van der Waals surface area contributed by atoms with Crippen LogP contribution in [0.5, 0.6) is 0 Å². The van der Waals surface area contributed by atoms with Gasteiger partial charge in [0.1, 0.15) is 6.54 Å². The van der Waals surface area contributed by atoms with Gasteiger partial charge in [-0.15, -0.1) is 0 Å². The first kappa shape index (κ1) is 17.5. The van der Waals surface area contributed by atoms with Crippen LogP contribution in [0.2, 0.25) is 0 Å². The van der Waals surface area contributed by atoms with E-state index in [1.54, 1.807) is 0 Å². The Morgan fingerprint density at radius 2 is 1.65 bits per heavy atom. The van der Waals surface area contributed by atoms with E-state index in [-0.39, 0.29) is 16.9 Å². The predicted octanol–water partition coefficient (Wildman–Crippen LogP) is 3.38. The van der Waals surface area contributed by atoms with E-state index in [4.69, 9.17) is 5.11 Å². The number of imide groups is 1. The molecule has 0 aliphatic carbocycles. The molecule has 0 saturated carbocycles. The van der Waals surface area contributed by atoms with Crippen molar-refractivity contribution in [1.82, 2.24) is 0 Å². The number of rotatable bonds is 3. The Bertz CT molecular complexity index is 911. The van der Waals surface area contributed by atoms with E-state index in [1.165, 1.54) is 24.3 Å². The van der Waals surface area contributed by atoms with Crippen molar-refractivity contribution >= 4 is 29.3 Å². The SMILES string of the molecule is O=C(O)c1cccc(N2C(=O)CN(c3cccc(C(F)(F)F)c3)C2=O)c1. The lowest BCUT2D eigenvalue weighted by atomic mass is 10.2. The molecule has 2 aromatic rings. The highest BCUT2D eigenvalue weighted by atomic mass is 19.4. The number of carbonyl (C=O) groups is 3. The van der Waals surface area contributed by atoms with Crippen LogP contribution < -0.4 is 9.80 Å². The summed E-state index contributed by atoms with van der Waals surface area (Å²) < 4.78 is 38.6. The van der Waals surface area contributed by atoms with E-state index >= 15 is 0 Å². The van der Waals surface area contributed by atoms with Crippen LogP contribution in [0.25, 0.3) is 0 Å². The summed E-state index contributed by atoms with van der Waals surface area (Å²) in [4.78, 5) is 37.5. The molecule has 1 saturated heterocycles. The number of aromatic carboxylic acids is 1. The maximum Gasteiger partial charge on any atom is 0.416 e. The molecule has 0 spiro atoms. The Morgan fingerprint density at radius 1 is 1.00 bits per heavy atom. The monoisotopic (exact) mass is 364 g/mol. The summed E-state index contributed by atoms with van der Waals surface area (Å²) in [7, 11) is 0. The van der Waals surface area contributed by atoms with Gasteiger partial charge < -0.3 is 5.11 Å². The first-order valence-corrected chi connectivity index (χ1v) is 7.33. The number of alkyl halides is 3. The first-order valence-electron chi connectivity index (χ1n) is 7.33. The fourth-order valence-electron chi connectivity index (χ4n) is 2.59. The number of urea groups is 1. The van der Waals surface area contributed by atoms with Gasteiger partial charge in [0, 0.05) is 5.69 Å². The van der Waals surface area contributed by atoms with Crippen molar-refractivity contribution in [2.45, 2.75) is 6.18 Å². The van der Waals surface area contributed by atoms with Gasteiger partial charge >= 0.3 is 18.2 Å². The second-order valence-corrected chi connectivity index (χ2v) is 5.50. The highest BCUT2D eigenvalue weighted by Crippen LogP contribution is 2.33. The fraction of sp³-hybridized carbons (Fsp3) is 0.118. The lowest BCUT2D eigenvalue weighted by molar-refractivity contribution is -0.137. The van der Waals surface area contributed by atoms with Crippen LogP contribution >= 0.6 is 0 Å². The fourth-order valence-corrected chi connectivity index (χ4v) is 2.59. The number of amides is 3. The van der Waals surface area contributed by atoms with Crippen molar-refractivity contribution in [3.63, 3.8) is 0 Å².